The van der Waals surface area contributed by atoms with E-state index >= 15 is 0 Å². The van der Waals surface area contributed by atoms with E-state index in [9.17, 15) is 0 Å². The topological polar surface area (TPSA) is 67.6 Å². The molecule has 3 aromatic rings. The summed E-state index contributed by atoms with van der Waals surface area (Å²) in [6.45, 7) is 1.90. The number of aromatic nitrogens is 3. The molecule has 98 valence electrons. The first kappa shape index (κ1) is 12.9. The van der Waals surface area contributed by atoms with Gasteiger partial charge in [-0.05, 0) is 19.1 Å². The minimum absolute atomic E-state index is 0.0768. The maximum Gasteiger partial charge on any atom is 0.158 e. The summed E-state index contributed by atoms with van der Waals surface area (Å²) in [5.41, 5.74) is 8.18. The SMILES string of the molecule is CC(N)c1nc(-c2nc3cc(Cl)c(Cl)cc3[nH]2)cs1. The van der Waals surface area contributed by atoms with E-state index in [1.165, 1.54) is 11.3 Å². The Hall–Kier alpha value is -1.14. The summed E-state index contributed by atoms with van der Waals surface area (Å²) in [5.74, 6) is 0.691. The van der Waals surface area contributed by atoms with E-state index in [1.807, 2.05) is 12.3 Å². The Balaban J connectivity index is 2.09. The zero-order valence-electron chi connectivity index (χ0n) is 9.95. The maximum atomic E-state index is 5.98. The lowest BCUT2D eigenvalue weighted by Crippen LogP contribution is -2.03. The van der Waals surface area contributed by atoms with Crippen molar-refractivity contribution in [1.29, 1.82) is 0 Å². The van der Waals surface area contributed by atoms with E-state index in [0.29, 0.717) is 15.9 Å². The van der Waals surface area contributed by atoms with Gasteiger partial charge in [0.15, 0.2) is 5.82 Å². The maximum absolute atomic E-state index is 5.98. The molecule has 3 rings (SSSR count). The second-order valence-corrected chi connectivity index (χ2v) is 5.93. The van der Waals surface area contributed by atoms with Crippen LogP contribution in [0.25, 0.3) is 22.6 Å². The normalized spacial score (nSPS) is 13.1. The zero-order valence-corrected chi connectivity index (χ0v) is 12.3. The van der Waals surface area contributed by atoms with Gasteiger partial charge in [0, 0.05) is 5.38 Å². The van der Waals surface area contributed by atoms with Crippen LogP contribution in [-0.2, 0) is 0 Å². The molecule has 0 saturated carbocycles. The fraction of sp³-hybridized carbons (Fsp3) is 0.167. The van der Waals surface area contributed by atoms with Crippen molar-refractivity contribution < 1.29 is 0 Å². The molecule has 7 heteroatoms. The van der Waals surface area contributed by atoms with Crippen LogP contribution >= 0.6 is 34.5 Å². The number of rotatable bonds is 2. The van der Waals surface area contributed by atoms with Crippen molar-refractivity contribution in [2.45, 2.75) is 13.0 Å². The lowest BCUT2D eigenvalue weighted by molar-refractivity contribution is 0.807. The number of fused-ring (bicyclic) bond motifs is 1. The Morgan fingerprint density at radius 2 is 2.00 bits per heavy atom. The molecule has 0 spiro atoms. The summed E-state index contributed by atoms with van der Waals surface area (Å²) in [6.07, 6.45) is 0. The molecule has 1 aromatic carbocycles. The first-order valence-electron chi connectivity index (χ1n) is 5.60. The highest BCUT2D eigenvalue weighted by atomic mass is 35.5. The fourth-order valence-electron chi connectivity index (χ4n) is 1.73. The number of thiazole rings is 1. The van der Waals surface area contributed by atoms with Gasteiger partial charge in [0.05, 0.1) is 27.1 Å². The van der Waals surface area contributed by atoms with Crippen molar-refractivity contribution in [3.05, 3.63) is 32.6 Å². The number of imidazole rings is 1. The standard InChI is InChI=1S/C12H10Cl2N4S/c1-5(15)12-18-10(4-19-12)11-16-8-2-6(13)7(14)3-9(8)17-11/h2-5H,15H2,1H3,(H,16,17). The Morgan fingerprint density at radius 1 is 1.26 bits per heavy atom. The largest absolute Gasteiger partial charge is 0.337 e. The van der Waals surface area contributed by atoms with Crippen LogP contribution in [0.2, 0.25) is 10.0 Å². The number of H-pyrrole nitrogens is 1. The van der Waals surface area contributed by atoms with E-state index in [0.717, 1.165) is 21.7 Å². The van der Waals surface area contributed by atoms with Gasteiger partial charge in [-0.2, -0.15) is 0 Å². The molecular formula is C12H10Cl2N4S. The minimum Gasteiger partial charge on any atom is -0.337 e. The van der Waals surface area contributed by atoms with Gasteiger partial charge in [-0.1, -0.05) is 23.2 Å². The highest BCUT2D eigenvalue weighted by Gasteiger charge is 2.12. The van der Waals surface area contributed by atoms with Gasteiger partial charge in [0.1, 0.15) is 10.7 Å². The summed E-state index contributed by atoms with van der Waals surface area (Å²) in [4.78, 5) is 12.1. The predicted octanol–water partition coefficient (Wildman–Crippen LogP) is 4.01. The van der Waals surface area contributed by atoms with Crippen LogP contribution in [0.4, 0.5) is 0 Å². The lowest BCUT2D eigenvalue weighted by Gasteiger charge is -1.96. The fourth-order valence-corrected chi connectivity index (χ4v) is 2.82. The average Bonchev–Trinajstić information content (AvgIpc) is 2.95. The Morgan fingerprint density at radius 3 is 2.68 bits per heavy atom. The quantitative estimate of drug-likeness (QED) is 0.751. The van der Waals surface area contributed by atoms with Crippen LogP contribution < -0.4 is 5.73 Å². The predicted molar refractivity (Wildman–Crippen MR) is 79.8 cm³/mol. The third-order valence-corrected chi connectivity index (χ3v) is 4.45. The molecule has 19 heavy (non-hydrogen) atoms. The summed E-state index contributed by atoms with van der Waals surface area (Å²) in [6, 6.07) is 3.42. The Bertz CT molecular complexity index is 708. The van der Waals surface area contributed by atoms with Crippen LogP contribution in [0.3, 0.4) is 0 Å². The van der Waals surface area contributed by atoms with E-state index < -0.39 is 0 Å². The smallest absolute Gasteiger partial charge is 0.158 e. The van der Waals surface area contributed by atoms with Crippen molar-refractivity contribution in [2.75, 3.05) is 0 Å². The molecule has 0 aliphatic heterocycles. The van der Waals surface area contributed by atoms with E-state index in [2.05, 4.69) is 15.0 Å². The molecule has 0 amide bonds. The van der Waals surface area contributed by atoms with Crippen LogP contribution in [0.1, 0.15) is 18.0 Å². The Kier molecular flexibility index (Phi) is 3.22. The second-order valence-electron chi connectivity index (χ2n) is 4.23. The molecule has 1 atom stereocenters. The van der Waals surface area contributed by atoms with Crippen molar-refractivity contribution in [1.82, 2.24) is 15.0 Å². The van der Waals surface area contributed by atoms with Gasteiger partial charge in [0.25, 0.3) is 0 Å². The molecule has 2 aromatic heterocycles. The third-order valence-electron chi connectivity index (χ3n) is 2.68. The molecule has 0 fully saturated rings. The molecule has 0 bridgehead atoms. The summed E-state index contributed by atoms with van der Waals surface area (Å²) >= 11 is 13.5. The van der Waals surface area contributed by atoms with Gasteiger partial charge < -0.3 is 10.7 Å². The number of nitrogens with one attached hydrogen (secondary N) is 1. The van der Waals surface area contributed by atoms with Gasteiger partial charge in [-0.25, -0.2) is 9.97 Å². The summed E-state index contributed by atoms with van der Waals surface area (Å²) in [5, 5.41) is 3.80. The minimum atomic E-state index is -0.0768. The van der Waals surface area contributed by atoms with Crippen LogP contribution in [0.5, 0.6) is 0 Å². The molecule has 0 saturated heterocycles. The van der Waals surface area contributed by atoms with Gasteiger partial charge in [-0.3, -0.25) is 0 Å². The number of nitrogens with two attached hydrogens (primary N) is 1. The molecule has 0 radical (unpaired) electrons. The van der Waals surface area contributed by atoms with E-state index in [1.54, 1.807) is 12.1 Å². The van der Waals surface area contributed by atoms with E-state index in [-0.39, 0.29) is 6.04 Å². The van der Waals surface area contributed by atoms with Crippen molar-refractivity contribution in [3.8, 4) is 11.5 Å². The molecule has 2 heterocycles. The highest BCUT2D eigenvalue weighted by molar-refractivity contribution is 7.10. The molecule has 1 unspecified atom stereocenters. The zero-order chi connectivity index (χ0) is 13.6. The van der Waals surface area contributed by atoms with Crippen molar-refractivity contribution in [2.24, 2.45) is 5.73 Å². The van der Waals surface area contributed by atoms with Crippen LogP contribution in [0, 0.1) is 0 Å². The number of aromatic amines is 1. The number of hydrogen-bond acceptors (Lipinski definition) is 4. The van der Waals surface area contributed by atoms with E-state index in [4.69, 9.17) is 28.9 Å². The molecule has 3 N–H and O–H groups in total. The molecule has 0 aliphatic carbocycles. The molecular weight excluding hydrogens is 303 g/mol. The second kappa shape index (κ2) is 4.76. The van der Waals surface area contributed by atoms with Gasteiger partial charge >= 0.3 is 0 Å². The highest BCUT2D eigenvalue weighted by Crippen LogP contribution is 2.29. The molecule has 0 aliphatic rings. The third kappa shape index (κ3) is 2.34. The lowest BCUT2D eigenvalue weighted by atomic mass is 10.3. The van der Waals surface area contributed by atoms with Gasteiger partial charge in [0.2, 0.25) is 0 Å². The first-order valence-corrected chi connectivity index (χ1v) is 7.24. The summed E-state index contributed by atoms with van der Waals surface area (Å²) < 4.78 is 0. The summed E-state index contributed by atoms with van der Waals surface area (Å²) in [7, 11) is 0. The Labute approximate surface area is 123 Å². The number of nitrogens with zero attached hydrogens (tertiary/aromatic N) is 2. The number of hydrogen-bond donors (Lipinski definition) is 2. The van der Waals surface area contributed by atoms with Crippen molar-refractivity contribution in [3.63, 3.8) is 0 Å². The molecule has 4 nitrogen and oxygen atoms in total. The number of benzene rings is 1. The van der Waals surface area contributed by atoms with Gasteiger partial charge in [-0.15, -0.1) is 11.3 Å². The van der Waals surface area contributed by atoms with Crippen LogP contribution in [0.15, 0.2) is 17.5 Å². The average molecular weight is 313 g/mol. The van der Waals surface area contributed by atoms with Crippen molar-refractivity contribution >= 4 is 45.6 Å². The monoisotopic (exact) mass is 312 g/mol. The van der Waals surface area contributed by atoms with Crippen LogP contribution in [-0.4, -0.2) is 15.0 Å². The first-order chi connectivity index (χ1) is 9.04. The number of halogens is 2.